The van der Waals surface area contributed by atoms with Gasteiger partial charge in [-0.05, 0) is 35.2 Å². The zero-order valence-corrected chi connectivity index (χ0v) is 15.8. The molecule has 0 aliphatic heterocycles. The third-order valence-corrected chi connectivity index (χ3v) is 6.64. The number of alkyl halides is 1. The standard InChI is InChI=1S/C15H15Br2ClS/c1-15(2,3)13-7-6-12(19-13)14(17)10-5-4-9(18)8-11(10)16/h4-8,14H,1-3H3. The van der Waals surface area contributed by atoms with Crippen LogP contribution in [0.25, 0.3) is 0 Å². The van der Waals surface area contributed by atoms with E-state index in [1.54, 1.807) is 0 Å². The number of thiophene rings is 1. The van der Waals surface area contributed by atoms with Crippen LogP contribution in [0.3, 0.4) is 0 Å². The maximum absolute atomic E-state index is 5.99. The van der Waals surface area contributed by atoms with Gasteiger partial charge in [-0.2, -0.15) is 0 Å². The number of benzene rings is 1. The van der Waals surface area contributed by atoms with E-state index in [4.69, 9.17) is 11.6 Å². The second-order valence-electron chi connectivity index (χ2n) is 5.48. The maximum Gasteiger partial charge on any atom is 0.0749 e. The van der Waals surface area contributed by atoms with Crippen LogP contribution in [0.5, 0.6) is 0 Å². The normalized spacial score (nSPS) is 13.6. The topological polar surface area (TPSA) is 0 Å². The van der Waals surface area contributed by atoms with Gasteiger partial charge in [-0.25, -0.2) is 0 Å². The van der Waals surface area contributed by atoms with Crippen molar-refractivity contribution in [3.8, 4) is 0 Å². The second-order valence-corrected chi connectivity index (χ2v) is 8.80. The van der Waals surface area contributed by atoms with E-state index in [1.807, 2.05) is 23.5 Å². The summed E-state index contributed by atoms with van der Waals surface area (Å²) in [5.41, 5.74) is 1.40. The van der Waals surface area contributed by atoms with Crippen LogP contribution in [0.4, 0.5) is 0 Å². The van der Waals surface area contributed by atoms with Gasteiger partial charge in [-0.15, -0.1) is 11.3 Å². The van der Waals surface area contributed by atoms with E-state index in [0.717, 1.165) is 9.50 Å². The van der Waals surface area contributed by atoms with Crippen LogP contribution in [0.2, 0.25) is 5.02 Å². The minimum absolute atomic E-state index is 0.195. The van der Waals surface area contributed by atoms with E-state index < -0.39 is 0 Å². The average Bonchev–Trinajstić information content (AvgIpc) is 2.76. The molecular weight excluding hydrogens is 407 g/mol. The largest absolute Gasteiger partial charge is 0.143 e. The van der Waals surface area contributed by atoms with Crippen LogP contribution in [-0.4, -0.2) is 0 Å². The highest BCUT2D eigenvalue weighted by atomic mass is 79.9. The van der Waals surface area contributed by atoms with Crippen LogP contribution in [0.15, 0.2) is 34.8 Å². The molecule has 0 N–H and O–H groups in total. The molecule has 1 aromatic heterocycles. The first-order chi connectivity index (χ1) is 8.79. The van der Waals surface area contributed by atoms with Crippen molar-refractivity contribution >= 4 is 54.8 Å². The zero-order valence-electron chi connectivity index (χ0n) is 11.0. The molecule has 0 fully saturated rings. The van der Waals surface area contributed by atoms with Gasteiger partial charge in [0.25, 0.3) is 0 Å². The predicted molar refractivity (Wildman–Crippen MR) is 92.9 cm³/mol. The molecule has 19 heavy (non-hydrogen) atoms. The lowest BCUT2D eigenvalue weighted by atomic mass is 9.95. The first kappa shape index (κ1) is 15.6. The van der Waals surface area contributed by atoms with E-state index in [0.29, 0.717) is 0 Å². The summed E-state index contributed by atoms with van der Waals surface area (Å²) in [5, 5.41) is 0.747. The monoisotopic (exact) mass is 420 g/mol. The maximum atomic E-state index is 5.99. The SMILES string of the molecule is CC(C)(C)c1ccc(C(Br)c2ccc(Cl)cc2Br)s1. The molecule has 0 bridgehead atoms. The summed E-state index contributed by atoms with van der Waals surface area (Å²) in [6, 6.07) is 10.3. The van der Waals surface area contributed by atoms with E-state index in [9.17, 15) is 0 Å². The van der Waals surface area contributed by atoms with Crippen molar-refractivity contribution in [3.63, 3.8) is 0 Å². The van der Waals surface area contributed by atoms with Crippen molar-refractivity contribution < 1.29 is 0 Å². The molecule has 0 aliphatic rings. The molecule has 2 aromatic rings. The summed E-state index contributed by atoms with van der Waals surface area (Å²) >= 11 is 15.2. The van der Waals surface area contributed by atoms with Crippen molar-refractivity contribution in [2.24, 2.45) is 0 Å². The molecule has 0 spiro atoms. The Kier molecular flexibility index (Phi) is 4.82. The van der Waals surface area contributed by atoms with E-state index >= 15 is 0 Å². The summed E-state index contributed by atoms with van der Waals surface area (Å²) in [6.45, 7) is 6.72. The van der Waals surface area contributed by atoms with Crippen LogP contribution in [0.1, 0.15) is 40.9 Å². The molecular formula is C15H15Br2ClS. The Bertz CT molecular complexity index is 584. The quantitative estimate of drug-likeness (QED) is 0.460. The van der Waals surface area contributed by atoms with Gasteiger partial charge in [-0.1, -0.05) is 70.3 Å². The van der Waals surface area contributed by atoms with Gasteiger partial charge in [0.2, 0.25) is 0 Å². The Balaban J connectivity index is 2.34. The first-order valence-electron chi connectivity index (χ1n) is 5.98. The third kappa shape index (κ3) is 3.63. The molecule has 0 radical (unpaired) electrons. The molecule has 2 rings (SSSR count). The Labute approximate surface area is 140 Å². The van der Waals surface area contributed by atoms with Crippen LogP contribution >= 0.6 is 54.8 Å². The Morgan fingerprint density at radius 1 is 1.16 bits per heavy atom. The van der Waals surface area contributed by atoms with Crippen LogP contribution < -0.4 is 0 Å². The highest BCUT2D eigenvalue weighted by Gasteiger charge is 2.20. The zero-order chi connectivity index (χ0) is 14.2. The fraction of sp³-hybridized carbons (Fsp3) is 0.333. The van der Waals surface area contributed by atoms with E-state index in [2.05, 4.69) is 70.8 Å². The van der Waals surface area contributed by atoms with Crippen LogP contribution in [0, 0.1) is 0 Å². The molecule has 4 heteroatoms. The average molecular weight is 423 g/mol. The van der Waals surface area contributed by atoms with Crippen LogP contribution in [-0.2, 0) is 5.41 Å². The molecule has 1 aromatic carbocycles. The molecule has 0 nitrogen and oxygen atoms in total. The summed E-state index contributed by atoms with van der Waals surface area (Å²) in [7, 11) is 0. The van der Waals surface area contributed by atoms with Crippen molar-refractivity contribution in [3.05, 3.63) is 55.1 Å². The van der Waals surface area contributed by atoms with Crippen molar-refractivity contribution in [1.29, 1.82) is 0 Å². The smallest absolute Gasteiger partial charge is 0.0749 e. The summed E-state index contributed by atoms with van der Waals surface area (Å²) < 4.78 is 1.03. The predicted octanol–water partition coefficient (Wildman–Crippen LogP) is 6.95. The molecule has 1 atom stereocenters. The lowest BCUT2D eigenvalue weighted by Crippen LogP contribution is -2.07. The molecule has 0 amide bonds. The molecule has 1 heterocycles. The van der Waals surface area contributed by atoms with Gasteiger partial charge in [-0.3, -0.25) is 0 Å². The number of rotatable bonds is 2. The van der Waals surface area contributed by atoms with Crippen molar-refractivity contribution in [1.82, 2.24) is 0 Å². The number of halogens is 3. The Hall–Kier alpha value is 0.170. The summed E-state index contributed by atoms with van der Waals surface area (Å²) in [4.78, 5) is 2.91. The molecule has 1 unspecified atom stereocenters. The minimum atomic E-state index is 0.195. The van der Waals surface area contributed by atoms with Crippen molar-refractivity contribution in [2.45, 2.75) is 31.0 Å². The molecule has 0 saturated heterocycles. The summed E-state index contributed by atoms with van der Waals surface area (Å²) in [5.74, 6) is 0. The highest BCUT2D eigenvalue weighted by Crippen LogP contribution is 2.41. The van der Waals surface area contributed by atoms with E-state index in [1.165, 1.54) is 15.3 Å². The van der Waals surface area contributed by atoms with Gasteiger partial charge in [0, 0.05) is 19.2 Å². The van der Waals surface area contributed by atoms with Gasteiger partial charge in [0.15, 0.2) is 0 Å². The fourth-order valence-electron chi connectivity index (χ4n) is 1.75. The molecule has 0 saturated carbocycles. The van der Waals surface area contributed by atoms with Gasteiger partial charge in [0.05, 0.1) is 4.83 Å². The van der Waals surface area contributed by atoms with Gasteiger partial charge < -0.3 is 0 Å². The van der Waals surface area contributed by atoms with Gasteiger partial charge in [0.1, 0.15) is 0 Å². The number of hydrogen-bond acceptors (Lipinski definition) is 1. The first-order valence-corrected chi connectivity index (χ1v) is 8.88. The Morgan fingerprint density at radius 3 is 2.37 bits per heavy atom. The summed E-state index contributed by atoms with van der Waals surface area (Å²) in [6.07, 6.45) is 0. The second kappa shape index (κ2) is 5.88. The van der Waals surface area contributed by atoms with Crippen molar-refractivity contribution in [2.75, 3.05) is 0 Å². The number of hydrogen-bond donors (Lipinski definition) is 0. The lowest BCUT2D eigenvalue weighted by Gasteiger charge is -2.16. The third-order valence-electron chi connectivity index (χ3n) is 2.85. The highest BCUT2D eigenvalue weighted by molar-refractivity contribution is 9.11. The molecule has 102 valence electrons. The molecule has 0 aliphatic carbocycles. The minimum Gasteiger partial charge on any atom is -0.143 e. The van der Waals surface area contributed by atoms with Gasteiger partial charge >= 0.3 is 0 Å². The fourth-order valence-corrected chi connectivity index (χ4v) is 4.87. The Morgan fingerprint density at radius 2 is 1.84 bits per heavy atom. The lowest BCUT2D eigenvalue weighted by molar-refractivity contribution is 0.604. The van der Waals surface area contributed by atoms with E-state index in [-0.39, 0.29) is 10.2 Å².